The SMILES string of the molecule is CC(=O)Nc1cc(Oc2cnc3nc(Nc4cc(C(C)(C)C#N)n([C@H]5CCOC5)n4)n(C)c3c2C(F)F)ccn1. The van der Waals surface area contributed by atoms with Crippen LogP contribution >= 0.6 is 0 Å². The van der Waals surface area contributed by atoms with Gasteiger partial charge in [-0.05, 0) is 26.3 Å². The standard InChI is InChI=1S/C26H27F2N9O3/c1-14(38)32-19-9-16(5-7-30-19)40-17-11-31-24-22(21(17)23(27)28)36(4)25(34-24)33-20-10-18(26(2,3)13-29)37(35-20)15-6-8-39-12-15/h5,7,9-11,15,23H,6,8,12H2,1-4H3,(H,30,32,38)(H,31,33,34,35)/t15-/m0/s1. The molecule has 4 aromatic heterocycles. The predicted octanol–water partition coefficient (Wildman–Crippen LogP) is 4.75. The number of pyridine rings is 2. The second kappa shape index (κ2) is 10.5. The van der Waals surface area contributed by atoms with E-state index in [2.05, 4.69) is 36.8 Å². The summed E-state index contributed by atoms with van der Waals surface area (Å²) in [4.78, 5) is 24.0. The number of imidazole rings is 1. The fourth-order valence-electron chi connectivity index (χ4n) is 4.52. The Bertz CT molecular complexity index is 1620. The molecule has 0 unspecified atom stereocenters. The van der Waals surface area contributed by atoms with Gasteiger partial charge in [0.05, 0.1) is 41.6 Å². The lowest BCUT2D eigenvalue weighted by Gasteiger charge is -2.20. The number of carbonyl (C=O) groups excluding carboxylic acids is 1. The molecule has 40 heavy (non-hydrogen) atoms. The Morgan fingerprint density at radius 2 is 2.10 bits per heavy atom. The summed E-state index contributed by atoms with van der Waals surface area (Å²) in [6, 6.07) is 6.94. The average molecular weight is 552 g/mol. The number of carbonyl (C=O) groups is 1. The number of nitriles is 1. The van der Waals surface area contributed by atoms with Crippen molar-refractivity contribution in [2.75, 3.05) is 23.8 Å². The summed E-state index contributed by atoms with van der Waals surface area (Å²) in [6.07, 6.45) is 0.418. The van der Waals surface area contributed by atoms with Crippen LogP contribution < -0.4 is 15.4 Å². The van der Waals surface area contributed by atoms with Gasteiger partial charge in [0.15, 0.2) is 17.2 Å². The highest BCUT2D eigenvalue weighted by Gasteiger charge is 2.31. The van der Waals surface area contributed by atoms with Gasteiger partial charge < -0.3 is 24.7 Å². The molecule has 12 nitrogen and oxygen atoms in total. The summed E-state index contributed by atoms with van der Waals surface area (Å²) in [6.45, 7) is 6.02. The Balaban J connectivity index is 1.51. The number of nitrogens with one attached hydrogen (secondary N) is 2. The van der Waals surface area contributed by atoms with E-state index in [9.17, 15) is 18.8 Å². The molecule has 0 aromatic carbocycles. The lowest BCUT2D eigenvalue weighted by atomic mass is 9.91. The van der Waals surface area contributed by atoms with Gasteiger partial charge in [0.1, 0.15) is 17.1 Å². The normalized spacial score (nSPS) is 15.4. The van der Waals surface area contributed by atoms with Crippen LogP contribution in [0.3, 0.4) is 0 Å². The van der Waals surface area contributed by atoms with Gasteiger partial charge in [-0.25, -0.2) is 18.7 Å². The molecule has 0 radical (unpaired) electrons. The van der Waals surface area contributed by atoms with E-state index < -0.39 is 17.4 Å². The zero-order valence-corrected chi connectivity index (χ0v) is 22.3. The molecule has 0 spiro atoms. The number of hydrogen-bond donors (Lipinski definition) is 2. The van der Waals surface area contributed by atoms with Crippen molar-refractivity contribution in [3.8, 4) is 17.6 Å². The third-order valence-corrected chi connectivity index (χ3v) is 6.53. The molecule has 208 valence electrons. The first-order valence-electron chi connectivity index (χ1n) is 12.5. The van der Waals surface area contributed by atoms with E-state index in [-0.39, 0.29) is 46.4 Å². The lowest BCUT2D eigenvalue weighted by molar-refractivity contribution is -0.114. The van der Waals surface area contributed by atoms with Crippen molar-refractivity contribution >= 4 is 34.7 Å². The van der Waals surface area contributed by atoms with Crippen LogP contribution in [0.1, 0.15) is 50.9 Å². The highest BCUT2D eigenvalue weighted by molar-refractivity contribution is 5.87. The number of hydrogen-bond acceptors (Lipinski definition) is 9. The van der Waals surface area contributed by atoms with Gasteiger partial charge in [-0.3, -0.25) is 9.48 Å². The van der Waals surface area contributed by atoms with Gasteiger partial charge in [-0.2, -0.15) is 15.3 Å². The largest absolute Gasteiger partial charge is 0.455 e. The van der Waals surface area contributed by atoms with Gasteiger partial charge in [0.25, 0.3) is 6.43 Å². The molecule has 0 aliphatic carbocycles. The average Bonchev–Trinajstić information content (AvgIpc) is 3.64. The van der Waals surface area contributed by atoms with E-state index in [0.717, 1.165) is 6.42 Å². The summed E-state index contributed by atoms with van der Waals surface area (Å²) >= 11 is 0. The van der Waals surface area contributed by atoms with Crippen LogP contribution in [0, 0.1) is 11.3 Å². The molecule has 1 aliphatic heterocycles. The smallest absolute Gasteiger partial charge is 0.269 e. The van der Waals surface area contributed by atoms with Crippen molar-refractivity contribution in [1.82, 2.24) is 29.3 Å². The van der Waals surface area contributed by atoms with Crippen LogP contribution in [-0.2, 0) is 22.0 Å². The molecule has 5 heterocycles. The van der Waals surface area contributed by atoms with E-state index in [1.54, 1.807) is 31.6 Å². The van der Waals surface area contributed by atoms with E-state index in [0.29, 0.717) is 24.7 Å². The number of rotatable bonds is 8. The Kier molecular flexibility index (Phi) is 7.07. The minimum atomic E-state index is -2.91. The van der Waals surface area contributed by atoms with Crippen LogP contribution in [0.25, 0.3) is 11.2 Å². The van der Waals surface area contributed by atoms with Crippen LogP contribution in [0.15, 0.2) is 30.6 Å². The van der Waals surface area contributed by atoms with Crippen LogP contribution in [0.2, 0.25) is 0 Å². The second-order valence-electron chi connectivity index (χ2n) is 9.90. The molecule has 1 fully saturated rings. The maximum atomic E-state index is 14.4. The lowest BCUT2D eigenvalue weighted by Crippen LogP contribution is -2.23. The maximum absolute atomic E-state index is 14.4. The molecular weight excluding hydrogens is 524 g/mol. The highest BCUT2D eigenvalue weighted by Crippen LogP contribution is 2.38. The summed E-state index contributed by atoms with van der Waals surface area (Å²) < 4.78 is 43.4. The molecular formula is C26H27F2N9O3. The number of anilines is 3. The van der Waals surface area contributed by atoms with Gasteiger partial charge in [-0.1, -0.05) is 0 Å². The van der Waals surface area contributed by atoms with Crippen molar-refractivity contribution in [1.29, 1.82) is 5.26 Å². The molecule has 1 saturated heterocycles. The van der Waals surface area contributed by atoms with Crippen molar-refractivity contribution in [3.05, 3.63) is 41.9 Å². The molecule has 1 amide bonds. The second-order valence-corrected chi connectivity index (χ2v) is 9.90. The monoisotopic (exact) mass is 551 g/mol. The van der Waals surface area contributed by atoms with Gasteiger partial charge >= 0.3 is 0 Å². The van der Waals surface area contributed by atoms with Crippen LogP contribution in [-0.4, -0.2) is 48.4 Å². The molecule has 4 aromatic rings. The van der Waals surface area contributed by atoms with E-state index >= 15 is 0 Å². The zero-order chi connectivity index (χ0) is 28.6. The first-order valence-corrected chi connectivity index (χ1v) is 12.5. The molecule has 0 bridgehead atoms. The summed E-state index contributed by atoms with van der Waals surface area (Å²) in [5, 5.41) is 20.0. The highest BCUT2D eigenvalue weighted by atomic mass is 19.3. The van der Waals surface area contributed by atoms with Crippen LogP contribution in [0.4, 0.5) is 26.4 Å². The quantitative estimate of drug-likeness (QED) is 0.317. The number of nitrogens with zero attached hydrogens (tertiary/aromatic N) is 7. The first kappa shape index (κ1) is 26.9. The first-order chi connectivity index (χ1) is 19.1. The van der Waals surface area contributed by atoms with Crippen molar-refractivity contribution in [3.63, 3.8) is 0 Å². The number of amides is 1. The fourth-order valence-corrected chi connectivity index (χ4v) is 4.52. The zero-order valence-electron chi connectivity index (χ0n) is 22.3. The minimum absolute atomic E-state index is 0.0234. The number of ether oxygens (including phenoxy) is 2. The van der Waals surface area contributed by atoms with Gasteiger partial charge in [0.2, 0.25) is 11.9 Å². The molecule has 5 rings (SSSR count). The predicted molar refractivity (Wildman–Crippen MR) is 141 cm³/mol. The summed E-state index contributed by atoms with van der Waals surface area (Å²) in [5.74, 6) is 0.540. The van der Waals surface area contributed by atoms with Crippen molar-refractivity contribution in [2.45, 2.75) is 45.1 Å². The fraction of sp³-hybridized carbons (Fsp3) is 0.385. The Hall–Kier alpha value is -4.64. The Labute approximate surface area is 227 Å². The molecule has 1 atom stereocenters. The Morgan fingerprint density at radius 1 is 1.30 bits per heavy atom. The van der Waals surface area contributed by atoms with Crippen LogP contribution in [0.5, 0.6) is 11.5 Å². The third-order valence-electron chi connectivity index (χ3n) is 6.53. The van der Waals surface area contributed by atoms with Crippen molar-refractivity contribution in [2.24, 2.45) is 7.05 Å². The number of aromatic nitrogens is 6. The number of fused-ring (bicyclic) bond motifs is 1. The molecule has 1 aliphatic rings. The minimum Gasteiger partial charge on any atom is -0.455 e. The van der Waals surface area contributed by atoms with Gasteiger partial charge in [0, 0.05) is 38.9 Å². The van der Waals surface area contributed by atoms with Gasteiger partial charge in [-0.15, -0.1) is 0 Å². The number of halogens is 2. The summed E-state index contributed by atoms with van der Waals surface area (Å²) in [5.41, 5.74) is -0.365. The third kappa shape index (κ3) is 5.15. The number of aryl methyl sites for hydroxylation is 1. The Morgan fingerprint density at radius 3 is 2.77 bits per heavy atom. The molecule has 14 heteroatoms. The number of alkyl halides is 2. The van der Waals surface area contributed by atoms with E-state index in [1.807, 2.05) is 0 Å². The molecule has 2 N–H and O–H groups in total. The maximum Gasteiger partial charge on any atom is 0.269 e. The topological polar surface area (TPSA) is 145 Å². The van der Waals surface area contributed by atoms with E-state index in [1.165, 1.54) is 36.0 Å². The van der Waals surface area contributed by atoms with E-state index in [4.69, 9.17) is 9.47 Å². The molecule has 0 saturated carbocycles. The summed E-state index contributed by atoms with van der Waals surface area (Å²) in [7, 11) is 1.58. The van der Waals surface area contributed by atoms with Crippen molar-refractivity contribution < 1.29 is 23.0 Å².